The van der Waals surface area contributed by atoms with Gasteiger partial charge < -0.3 is 20.5 Å². The largest absolute Gasteiger partial charge is 0.361 e. The third-order valence-electron chi connectivity index (χ3n) is 5.67. The molecule has 0 saturated heterocycles. The number of aromatic nitrogens is 3. The molecule has 0 aliphatic heterocycles. The van der Waals surface area contributed by atoms with E-state index in [0.29, 0.717) is 40.9 Å². The Bertz CT molecular complexity index is 1320. The molecule has 3 N–H and O–H groups in total. The van der Waals surface area contributed by atoms with Crippen molar-refractivity contribution in [2.45, 2.75) is 27.3 Å². The number of rotatable bonds is 9. The standard InChI is InChI=1S/C26H28F2N6O/c1-15-24(23-16(2)34-35-17(23)3)32-26(19-7-5-6-18(12-19)14-30-11-10-29-4)33-25(15)31-22-9-8-20(27)13-21(22)28/h5-9,12-13,29-30H,10-11,14H2,1-4H3,(H,31,32,33). The maximum absolute atomic E-state index is 14.4. The van der Waals surface area contributed by atoms with Crippen LogP contribution in [0.25, 0.3) is 22.6 Å². The molecule has 2 aromatic heterocycles. The van der Waals surface area contributed by atoms with Crippen LogP contribution in [0.5, 0.6) is 0 Å². The molecule has 2 aromatic carbocycles. The zero-order valence-corrected chi connectivity index (χ0v) is 20.2. The van der Waals surface area contributed by atoms with Crippen LogP contribution in [-0.4, -0.2) is 35.3 Å². The molecule has 7 nitrogen and oxygen atoms in total. The number of benzene rings is 2. The monoisotopic (exact) mass is 478 g/mol. The van der Waals surface area contributed by atoms with Gasteiger partial charge >= 0.3 is 0 Å². The molecule has 0 bridgehead atoms. The molecular formula is C26H28F2N6O. The molecule has 0 radical (unpaired) electrons. The second kappa shape index (κ2) is 10.7. The van der Waals surface area contributed by atoms with Gasteiger partial charge in [0, 0.05) is 36.8 Å². The fraction of sp³-hybridized carbons (Fsp3) is 0.269. The van der Waals surface area contributed by atoms with Crippen LogP contribution in [0.2, 0.25) is 0 Å². The second-order valence-corrected chi connectivity index (χ2v) is 8.30. The first-order valence-electron chi connectivity index (χ1n) is 11.4. The van der Waals surface area contributed by atoms with Crippen molar-refractivity contribution in [1.29, 1.82) is 0 Å². The van der Waals surface area contributed by atoms with E-state index in [0.717, 1.165) is 35.8 Å². The van der Waals surface area contributed by atoms with Gasteiger partial charge in [0.2, 0.25) is 0 Å². The number of halogens is 2. The quantitative estimate of drug-likeness (QED) is 0.290. The molecule has 0 saturated carbocycles. The van der Waals surface area contributed by atoms with Gasteiger partial charge in [-0.2, -0.15) is 0 Å². The van der Waals surface area contributed by atoms with E-state index in [1.54, 1.807) is 0 Å². The summed E-state index contributed by atoms with van der Waals surface area (Å²) in [5.41, 5.74) is 4.79. The van der Waals surface area contributed by atoms with Crippen molar-refractivity contribution in [2.75, 3.05) is 25.5 Å². The molecule has 0 spiro atoms. The lowest BCUT2D eigenvalue weighted by Gasteiger charge is -2.15. The minimum absolute atomic E-state index is 0.117. The highest BCUT2D eigenvalue weighted by molar-refractivity contribution is 5.76. The number of likely N-dealkylation sites (N-methyl/N-ethyl adjacent to an activating group) is 1. The van der Waals surface area contributed by atoms with Crippen molar-refractivity contribution in [3.63, 3.8) is 0 Å². The molecule has 4 rings (SSSR count). The predicted octanol–water partition coefficient (Wildman–Crippen LogP) is 5.05. The van der Waals surface area contributed by atoms with Gasteiger partial charge in [0.1, 0.15) is 23.2 Å². The van der Waals surface area contributed by atoms with E-state index in [2.05, 4.69) is 21.1 Å². The van der Waals surface area contributed by atoms with Gasteiger partial charge in [0.05, 0.1) is 22.6 Å². The Hall–Kier alpha value is -3.69. The van der Waals surface area contributed by atoms with Crippen LogP contribution >= 0.6 is 0 Å². The summed E-state index contributed by atoms with van der Waals surface area (Å²) in [4.78, 5) is 9.58. The second-order valence-electron chi connectivity index (χ2n) is 8.30. The summed E-state index contributed by atoms with van der Waals surface area (Å²) in [7, 11) is 1.91. The minimum atomic E-state index is -0.710. The Balaban J connectivity index is 1.79. The lowest BCUT2D eigenvalue weighted by molar-refractivity contribution is 0.393. The molecule has 182 valence electrons. The number of nitrogens with zero attached hydrogens (tertiary/aromatic N) is 3. The first-order chi connectivity index (χ1) is 16.9. The fourth-order valence-electron chi connectivity index (χ4n) is 3.82. The van der Waals surface area contributed by atoms with E-state index in [1.165, 1.54) is 12.1 Å². The Labute approximate surface area is 203 Å². The number of hydrogen-bond donors (Lipinski definition) is 3. The lowest BCUT2D eigenvalue weighted by atomic mass is 10.0. The van der Waals surface area contributed by atoms with Gasteiger partial charge in [-0.1, -0.05) is 23.4 Å². The zero-order chi connectivity index (χ0) is 24.9. The van der Waals surface area contributed by atoms with Crippen LogP contribution in [0.4, 0.5) is 20.3 Å². The van der Waals surface area contributed by atoms with E-state index in [9.17, 15) is 8.78 Å². The van der Waals surface area contributed by atoms with Crippen LogP contribution in [0.15, 0.2) is 47.0 Å². The average molecular weight is 479 g/mol. The predicted molar refractivity (Wildman–Crippen MR) is 132 cm³/mol. The minimum Gasteiger partial charge on any atom is -0.361 e. The van der Waals surface area contributed by atoms with Gasteiger partial charge in [0.25, 0.3) is 0 Å². The number of aryl methyl sites for hydroxylation is 2. The van der Waals surface area contributed by atoms with Crippen LogP contribution in [-0.2, 0) is 6.54 Å². The van der Waals surface area contributed by atoms with Crippen molar-refractivity contribution in [1.82, 2.24) is 25.8 Å². The topological polar surface area (TPSA) is 87.9 Å². The van der Waals surface area contributed by atoms with Gasteiger partial charge in [-0.15, -0.1) is 0 Å². The van der Waals surface area contributed by atoms with Gasteiger partial charge in [-0.05, 0) is 51.6 Å². The molecule has 4 aromatic rings. The third kappa shape index (κ3) is 5.52. The fourth-order valence-corrected chi connectivity index (χ4v) is 3.82. The SMILES string of the molecule is CNCCNCc1cccc(-c2nc(Nc3ccc(F)cc3F)c(C)c(-c3c(C)noc3C)n2)c1. The molecule has 35 heavy (non-hydrogen) atoms. The molecule has 0 aliphatic rings. The molecule has 0 unspecified atom stereocenters. The number of hydrogen-bond acceptors (Lipinski definition) is 7. The summed E-state index contributed by atoms with van der Waals surface area (Å²) < 4.78 is 33.3. The summed E-state index contributed by atoms with van der Waals surface area (Å²) in [5.74, 6) is 0.139. The maximum Gasteiger partial charge on any atom is 0.162 e. The van der Waals surface area contributed by atoms with Crippen molar-refractivity contribution in [3.05, 3.63) is 76.7 Å². The molecular weight excluding hydrogens is 450 g/mol. The Morgan fingerprint density at radius 1 is 0.971 bits per heavy atom. The third-order valence-corrected chi connectivity index (χ3v) is 5.67. The van der Waals surface area contributed by atoms with Crippen molar-refractivity contribution in [2.24, 2.45) is 0 Å². The maximum atomic E-state index is 14.4. The Morgan fingerprint density at radius 2 is 1.80 bits per heavy atom. The van der Waals surface area contributed by atoms with Gasteiger partial charge in [-0.3, -0.25) is 0 Å². The van der Waals surface area contributed by atoms with E-state index in [4.69, 9.17) is 14.5 Å². The number of nitrogens with one attached hydrogen (secondary N) is 3. The highest BCUT2D eigenvalue weighted by Gasteiger charge is 2.21. The van der Waals surface area contributed by atoms with Crippen molar-refractivity contribution in [3.8, 4) is 22.6 Å². The summed E-state index contributed by atoms with van der Waals surface area (Å²) >= 11 is 0. The first-order valence-corrected chi connectivity index (χ1v) is 11.4. The summed E-state index contributed by atoms with van der Waals surface area (Å²) in [6, 6.07) is 11.3. The van der Waals surface area contributed by atoms with Gasteiger partial charge in [-0.25, -0.2) is 18.7 Å². The smallest absolute Gasteiger partial charge is 0.162 e. The van der Waals surface area contributed by atoms with Gasteiger partial charge in [0.15, 0.2) is 5.82 Å². The first kappa shape index (κ1) is 24.4. The van der Waals surface area contributed by atoms with Crippen LogP contribution in [0.1, 0.15) is 22.6 Å². The normalized spacial score (nSPS) is 11.1. The molecule has 0 atom stereocenters. The van der Waals surface area contributed by atoms with Crippen LogP contribution in [0.3, 0.4) is 0 Å². The molecule has 0 fully saturated rings. The Morgan fingerprint density at radius 3 is 2.51 bits per heavy atom. The number of anilines is 2. The average Bonchev–Trinajstić information content (AvgIpc) is 3.17. The highest BCUT2D eigenvalue weighted by atomic mass is 19.1. The molecule has 9 heteroatoms. The highest BCUT2D eigenvalue weighted by Crippen LogP contribution is 2.34. The molecule has 0 amide bonds. The Kier molecular flexibility index (Phi) is 7.48. The molecule has 0 aliphatic carbocycles. The van der Waals surface area contributed by atoms with Crippen molar-refractivity contribution < 1.29 is 13.3 Å². The van der Waals surface area contributed by atoms with Crippen LogP contribution < -0.4 is 16.0 Å². The summed E-state index contributed by atoms with van der Waals surface area (Å²) in [6.45, 7) is 7.92. The lowest BCUT2D eigenvalue weighted by Crippen LogP contribution is -2.24. The van der Waals surface area contributed by atoms with E-state index in [-0.39, 0.29) is 5.69 Å². The van der Waals surface area contributed by atoms with E-state index in [1.807, 2.05) is 52.1 Å². The summed E-state index contributed by atoms with van der Waals surface area (Å²) in [5, 5.41) is 13.6. The van der Waals surface area contributed by atoms with E-state index < -0.39 is 11.6 Å². The van der Waals surface area contributed by atoms with Crippen LogP contribution in [0, 0.1) is 32.4 Å². The zero-order valence-electron chi connectivity index (χ0n) is 20.2. The van der Waals surface area contributed by atoms with E-state index >= 15 is 0 Å². The molecule has 2 heterocycles. The van der Waals surface area contributed by atoms with Crippen molar-refractivity contribution >= 4 is 11.5 Å². The summed E-state index contributed by atoms with van der Waals surface area (Å²) in [6.07, 6.45) is 0.